The molecule has 6 nitrogen and oxygen atoms in total. The molecule has 10 heteroatoms. The van der Waals surface area contributed by atoms with E-state index in [0.29, 0.717) is 15.3 Å². The summed E-state index contributed by atoms with van der Waals surface area (Å²) in [6.07, 6.45) is -3.31. The quantitative estimate of drug-likeness (QED) is 0.809. The van der Waals surface area contributed by atoms with Gasteiger partial charge in [0.05, 0.1) is 0 Å². The number of nitrogens with zero attached hydrogens (tertiary/aromatic N) is 2. The molecule has 1 unspecified atom stereocenters. The molecule has 0 fully saturated rings. The first kappa shape index (κ1) is 18.8. The van der Waals surface area contributed by atoms with Crippen LogP contribution in [0.4, 0.5) is 13.2 Å². The Labute approximate surface area is 145 Å². The average molecular weight is 375 g/mol. The fraction of sp³-hybridized carbons (Fsp3) is 0.267. The molecule has 0 bridgehead atoms. The van der Waals surface area contributed by atoms with Gasteiger partial charge in [-0.1, -0.05) is 23.7 Å². The Balaban J connectivity index is 2.05. The number of carbonyl (C=O) groups excluding carboxylic acids is 2. The van der Waals surface area contributed by atoms with Crippen LogP contribution in [0.5, 0.6) is 0 Å². The second kappa shape index (κ2) is 7.56. The molecule has 0 aliphatic carbocycles. The van der Waals surface area contributed by atoms with E-state index in [4.69, 9.17) is 17.3 Å². The van der Waals surface area contributed by atoms with Crippen molar-refractivity contribution in [2.75, 3.05) is 0 Å². The first-order chi connectivity index (χ1) is 11.6. The van der Waals surface area contributed by atoms with Gasteiger partial charge in [0.2, 0.25) is 5.91 Å². The molecule has 3 N–H and O–H groups in total. The molecule has 2 aromatic rings. The Morgan fingerprint density at radius 3 is 2.44 bits per heavy atom. The van der Waals surface area contributed by atoms with Gasteiger partial charge in [-0.3, -0.25) is 14.3 Å². The van der Waals surface area contributed by atoms with Crippen LogP contribution in [0.3, 0.4) is 0 Å². The molecule has 2 amide bonds. The maximum atomic E-state index is 12.3. The summed E-state index contributed by atoms with van der Waals surface area (Å²) in [5.41, 5.74) is 5.74. The average Bonchev–Trinajstić information content (AvgIpc) is 2.95. The molecule has 0 spiro atoms. The van der Waals surface area contributed by atoms with E-state index in [-0.39, 0.29) is 12.1 Å². The third-order valence-corrected chi connectivity index (χ3v) is 3.47. The summed E-state index contributed by atoms with van der Waals surface area (Å²) in [5.74, 6) is -1.57. The topological polar surface area (TPSA) is 90.0 Å². The van der Waals surface area contributed by atoms with Gasteiger partial charge in [-0.25, -0.2) is 0 Å². The molecule has 1 aromatic carbocycles. The number of halogens is 4. The summed E-state index contributed by atoms with van der Waals surface area (Å²) in [4.78, 5) is 23.6. The Kier molecular flexibility index (Phi) is 5.68. The summed E-state index contributed by atoms with van der Waals surface area (Å²) < 4.78 is 37.5. The van der Waals surface area contributed by atoms with Gasteiger partial charge in [0.1, 0.15) is 18.3 Å². The number of aromatic nitrogens is 2. The smallest absolute Gasteiger partial charge is 0.368 e. The van der Waals surface area contributed by atoms with E-state index in [0.717, 1.165) is 12.3 Å². The third-order valence-electron chi connectivity index (χ3n) is 3.22. The molecular weight excluding hydrogens is 361 g/mol. The van der Waals surface area contributed by atoms with Gasteiger partial charge in [0.25, 0.3) is 5.91 Å². The lowest BCUT2D eigenvalue weighted by atomic mass is 10.1. The number of rotatable bonds is 6. The van der Waals surface area contributed by atoms with Gasteiger partial charge in [-0.15, -0.1) is 0 Å². The van der Waals surface area contributed by atoms with Gasteiger partial charge in [0.15, 0.2) is 0 Å². The minimum absolute atomic E-state index is 0.113. The fourth-order valence-corrected chi connectivity index (χ4v) is 2.19. The lowest BCUT2D eigenvalue weighted by Crippen LogP contribution is -2.46. The van der Waals surface area contributed by atoms with Crippen LogP contribution in [0.15, 0.2) is 36.5 Å². The first-order valence-corrected chi connectivity index (χ1v) is 7.46. The van der Waals surface area contributed by atoms with Crippen LogP contribution in [0.25, 0.3) is 0 Å². The monoisotopic (exact) mass is 374 g/mol. The van der Waals surface area contributed by atoms with Crippen LogP contribution in [0.1, 0.15) is 16.1 Å². The highest BCUT2D eigenvalue weighted by atomic mass is 35.5. The molecule has 134 valence electrons. The number of carbonyl (C=O) groups is 2. The molecule has 0 saturated heterocycles. The molecule has 1 heterocycles. The first-order valence-electron chi connectivity index (χ1n) is 7.09. The van der Waals surface area contributed by atoms with E-state index in [2.05, 4.69) is 10.4 Å². The van der Waals surface area contributed by atoms with Crippen LogP contribution in [-0.2, 0) is 17.8 Å². The van der Waals surface area contributed by atoms with Crippen molar-refractivity contribution in [2.45, 2.75) is 25.2 Å². The Morgan fingerprint density at radius 1 is 1.24 bits per heavy atom. The van der Waals surface area contributed by atoms with Crippen LogP contribution >= 0.6 is 11.6 Å². The molecule has 0 saturated carbocycles. The highest BCUT2D eigenvalue weighted by molar-refractivity contribution is 6.30. The molecule has 1 aromatic heterocycles. The third kappa shape index (κ3) is 5.79. The molecule has 0 aliphatic rings. The van der Waals surface area contributed by atoms with Crippen molar-refractivity contribution in [3.05, 3.63) is 52.8 Å². The summed E-state index contributed by atoms with van der Waals surface area (Å²) in [6.45, 7) is -1.32. The van der Waals surface area contributed by atoms with E-state index >= 15 is 0 Å². The Morgan fingerprint density at radius 2 is 1.88 bits per heavy atom. The highest BCUT2D eigenvalue weighted by Crippen LogP contribution is 2.17. The van der Waals surface area contributed by atoms with Crippen molar-refractivity contribution >= 4 is 23.4 Å². The van der Waals surface area contributed by atoms with Crippen LogP contribution < -0.4 is 11.1 Å². The number of alkyl halides is 3. The minimum atomic E-state index is -4.45. The van der Waals surface area contributed by atoms with Crippen LogP contribution in [-0.4, -0.2) is 33.8 Å². The van der Waals surface area contributed by atoms with Gasteiger partial charge in [0, 0.05) is 17.6 Å². The summed E-state index contributed by atoms with van der Waals surface area (Å²) in [7, 11) is 0. The zero-order valence-corrected chi connectivity index (χ0v) is 13.5. The number of amides is 2. The SMILES string of the molecule is NC(=O)C(Cc1ccc(Cl)cc1)NC(=O)c1ccn(CC(F)(F)F)n1. The summed E-state index contributed by atoms with van der Waals surface area (Å²) in [5, 5.41) is 6.42. The lowest BCUT2D eigenvalue weighted by molar-refractivity contribution is -0.142. The second-order valence-electron chi connectivity index (χ2n) is 5.27. The van der Waals surface area contributed by atoms with Crippen molar-refractivity contribution < 1.29 is 22.8 Å². The Bertz CT molecular complexity index is 759. The van der Waals surface area contributed by atoms with Gasteiger partial charge < -0.3 is 11.1 Å². The van der Waals surface area contributed by atoms with Gasteiger partial charge in [-0.05, 0) is 23.8 Å². The second-order valence-corrected chi connectivity index (χ2v) is 5.71. The largest absolute Gasteiger partial charge is 0.408 e. The Hall–Kier alpha value is -2.55. The molecule has 0 radical (unpaired) electrons. The maximum absolute atomic E-state index is 12.3. The van der Waals surface area contributed by atoms with Gasteiger partial charge in [-0.2, -0.15) is 18.3 Å². The van der Waals surface area contributed by atoms with Crippen molar-refractivity contribution in [3.8, 4) is 0 Å². The summed E-state index contributed by atoms with van der Waals surface area (Å²) >= 11 is 5.77. The van der Waals surface area contributed by atoms with E-state index in [1.54, 1.807) is 24.3 Å². The van der Waals surface area contributed by atoms with Crippen molar-refractivity contribution in [2.24, 2.45) is 5.73 Å². The van der Waals surface area contributed by atoms with Crippen molar-refractivity contribution in [1.29, 1.82) is 0 Å². The number of nitrogens with two attached hydrogens (primary N) is 1. The van der Waals surface area contributed by atoms with E-state index in [1.165, 1.54) is 0 Å². The van der Waals surface area contributed by atoms with E-state index in [1.807, 2.05) is 0 Å². The van der Waals surface area contributed by atoms with Crippen molar-refractivity contribution in [1.82, 2.24) is 15.1 Å². The molecule has 0 aliphatic heterocycles. The predicted molar refractivity (Wildman–Crippen MR) is 83.9 cm³/mol. The zero-order chi connectivity index (χ0) is 18.6. The normalized spacial score (nSPS) is 12.6. The van der Waals surface area contributed by atoms with Crippen LogP contribution in [0, 0.1) is 0 Å². The number of benzene rings is 1. The number of nitrogens with one attached hydrogen (secondary N) is 1. The summed E-state index contributed by atoms with van der Waals surface area (Å²) in [6, 6.07) is 6.67. The number of hydrogen-bond donors (Lipinski definition) is 2. The van der Waals surface area contributed by atoms with Crippen LogP contribution in [0.2, 0.25) is 5.02 Å². The van der Waals surface area contributed by atoms with Gasteiger partial charge >= 0.3 is 6.18 Å². The molecule has 2 rings (SSSR count). The molecular formula is C15H14ClF3N4O2. The fourth-order valence-electron chi connectivity index (χ4n) is 2.07. The minimum Gasteiger partial charge on any atom is -0.368 e. The molecule has 1 atom stereocenters. The lowest BCUT2D eigenvalue weighted by Gasteiger charge is -2.15. The maximum Gasteiger partial charge on any atom is 0.408 e. The standard InChI is InChI=1S/C15H14ClF3N4O2/c16-10-3-1-9(2-4-10)7-12(13(20)24)21-14(25)11-5-6-23(22-11)8-15(17,18)19/h1-6,12H,7-8H2,(H2,20,24)(H,21,25). The zero-order valence-electron chi connectivity index (χ0n) is 12.8. The van der Waals surface area contributed by atoms with E-state index < -0.39 is 30.6 Å². The molecule has 25 heavy (non-hydrogen) atoms. The number of hydrogen-bond acceptors (Lipinski definition) is 3. The predicted octanol–water partition coefficient (Wildman–Crippen LogP) is 1.93. The van der Waals surface area contributed by atoms with E-state index in [9.17, 15) is 22.8 Å². The highest BCUT2D eigenvalue weighted by Gasteiger charge is 2.29. The number of primary amides is 1. The van der Waals surface area contributed by atoms with Crippen molar-refractivity contribution in [3.63, 3.8) is 0 Å².